The number of hydrogen-bond donors (Lipinski definition) is 0. The lowest BCUT2D eigenvalue weighted by atomic mass is 9.85. The molecule has 1 heterocycles. The van der Waals surface area contributed by atoms with Crippen molar-refractivity contribution in [2.45, 2.75) is 0 Å². The molecule has 0 fully saturated rings. The highest BCUT2D eigenvalue weighted by Crippen LogP contribution is 2.45. The Morgan fingerprint density at radius 2 is 0.953 bits per heavy atom. The van der Waals surface area contributed by atoms with Crippen molar-refractivity contribution < 1.29 is 34.6 Å². The van der Waals surface area contributed by atoms with Gasteiger partial charge in [0.1, 0.15) is 11.2 Å². The first-order valence-electron chi connectivity index (χ1n) is 24.0. The van der Waals surface area contributed by atoms with Gasteiger partial charge in [0.15, 0.2) is 0 Å². The minimum absolute atomic E-state index is 0.0132. The normalized spacial score (nSPS) is 18.9. The van der Waals surface area contributed by atoms with E-state index in [-0.39, 0.29) is 16.6 Å². The van der Waals surface area contributed by atoms with Crippen LogP contribution in [-0.2, 0) is 0 Å². The Kier molecular flexibility index (Phi) is 2.39. The van der Waals surface area contributed by atoms with Gasteiger partial charge in [-0.1, -0.05) is 139 Å². The van der Waals surface area contributed by atoms with Gasteiger partial charge in [0.2, 0.25) is 0 Å². The van der Waals surface area contributed by atoms with Gasteiger partial charge in [-0.3, -0.25) is 0 Å². The molecule has 0 bridgehead atoms. The second-order valence-electron chi connectivity index (χ2n) is 9.55. The van der Waals surface area contributed by atoms with Crippen LogP contribution in [-0.4, -0.2) is 0 Å². The molecule has 0 saturated carbocycles. The highest BCUT2D eigenvalue weighted by atomic mass is 16.3. The fourth-order valence-electron chi connectivity index (χ4n) is 5.35. The minimum Gasteiger partial charge on any atom is -0.456 e. The maximum Gasteiger partial charge on any atom is 0.135 e. The Morgan fingerprint density at radius 1 is 0.395 bits per heavy atom. The van der Waals surface area contributed by atoms with Crippen molar-refractivity contribution in [3.8, 4) is 33.4 Å². The monoisotopic (exact) mass is 568 g/mol. The Hall–Kier alpha value is -5.66. The van der Waals surface area contributed by atoms with E-state index in [2.05, 4.69) is 0 Å². The first-order valence-corrected chi connectivity index (χ1v) is 13.0. The number of furan rings is 1. The molecule has 9 rings (SSSR count). The van der Waals surface area contributed by atoms with Gasteiger partial charge < -0.3 is 4.42 Å². The van der Waals surface area contributed by atoms with E-state index in [4.69, 9.17) is 20.9 Å². The van der Waals surface area contributed by atoms with E-state index in [0.717, 1.165) is 0 Å². The molecule has 1 nitrogen and oxygen atoms in total. The summed E-state index contributed by atoms with van der Waals surface area (Å²) in [5.74, 6) is 0. The summed E-state index contributed by atoms with van der Waals surface area (Å²) < 4.78 is 204. The number of fused-ring (bicyclic) bond motifs is 6. The fraction of sp³-hybridized carbons (Fsp3) is 0. The zero-order valence-electron chi connectivity index (χ0n) is 43.7. The lowest BCUT2D eigenvalue weighted by Crippen LogP contribution is -1.91. The van der Waals surface area contributed by atoms with E-state index in [1.54, 1.807) is 24.3 Å². The first-order chi connectivity index (χ1) is 30.5. The molecule has 1 aromatic heterocycles. The third-order valence-electron chi connectivity index (χ3n) is 7.21. The van der Waals surface area contributed by atoms with Crippen LogP contribution in [0.5, 0.6) is 0 Å². The summed E-state index contributed by atoms with van der Waals surface area (Å²) in [7, 11) is 0. The van der Waals surface area contributed by atoms with E-state index in [1.165, 1.54) is 0 Å². The summed E-state index contributed by atoms with van der Waals surface area (Å²) in [6.45, 7) is 0. The molecular formula is C42H26O. The minimum atomic E-state index is -1.01. The summed E-state index contributed by atoms with van der Waals surface area (Å²) in [6, 6.07) is -12.0. The van der Waals surface area contributed by atoms with E-state index in [9.17, 15) is 13.7 Å². The molecule has 0 aliphatic heterocycles. The zero-order chi connectivity index (χ0) is 47.5. The molecule has 43 heavy (non-hydrogen) atoms. The standard InChI is InChI=1S/C42H26O/c1-2-12-31-27(10-1)11-9-18-32(31)28-20-22-29(23-21-28)41-34-14-3-5-16-36(34)42(37-17-6-4-15-35(37)41)30-24-25-40-38(26-30)33-13-7-8-19-39(33)43-40/h1-26H/i1D,2D,3D,4D,5D,6D,9D,10D,11D,12D,14D,15D,16D,17D,18D,20D,21D,22D,23D,24D,25D,26D. The van der Waals surface area contributed by atoms with Crippen LogP contribution in [0, 0.1) is 0 Å². The summed E-state index contributed by atoms with van der Waals surface area (Å²) in [5.41, 5.74) is -3.70. The third-order valence-corrected chi connectivity index (χ3v) is 7.21. The molecule has 0 radical (unpaired) electrons. The molecule has 0 saturated heterocycles. The van der Waals surface area contributed by atoms with Crippen LogP contribution in [0.25, 0.3) is 87.6 Å². The molecular weight excluding hydrogens is 520 g/mol. The van der Waals surface area contributed by atoms with Gasteiger partial charge in [-0.25, -0.2) is 0 Å². The number of hydrogen-bond acceptors (Lipinski definition) is 1. The van der Waals surface area contributed by atoms with Gasteiger partial charge in [-0.15, -0.1) is 0 Å². The Morgan fingerprint density at radius 3 is 1.67 bits per heavy atom. The van der Waals surface area contributed by atoms with Crippen molar-refractivity contribution in [3.63, 3.8) is 0 Å². The van der Waals surface area contributed by atoms with Crippen molar-refractivity contribution in [1.29, 1.82) is 0 Å². The highest BCUT2D eigenvalue weighted by Gasteiger charge is 2.18. The Labute approximate surface area is 280 Å². The van der Waals surface area contributed by atoms with Gasteiger partial charge in [0, 0.05) is 10.8 Å². The molecule has 0 unspecified atom stereocenters. The van der Waals surface area contributed by atoms with Gasteiger partial charge in [0.05, 0.1) is 30.2 Å². The summed E-state index contributed by atoms with van der Waals surface area (Å²) in [4.78, 5) is 0. The molecule has 0 amide bonds. The molecule has 8 aromatic carbocycles. The molecule has 1 heteroatoms. The van der Waals surface area contributed by atoms with Crippen LogP contribution in [0.3, 0.4) is 0 Å². The van der Waals surface area contributed by atoms with Crippen molar-refractivity contribution in [3.05, 3.63) is 157 Å². The van der Waals surface area contributed by atoms with E-state index < -0.39 is 199 Å². The molecule has 0 N–H and O–H groups in total. The first kappa shape index (κ1) is 10.9. The van der Waals surface area contributed by atoms with Crippen LogP contribution in [0.4, 0.5) is 0 Å². The van der Waals surface area contributed by atoms with E-state index >= 15 is 0 Å². The van der Waals surface area contributed by atoms with Crippen molar-refractivity contribution in [1.82, 2.24) is 0 Å². The average Bonchev–Trinajstić information content (AvgIpc) is 3.68. The average molecular weight is 569 g/mol. The van der Waals surface area contributed by atoms with Gasteiger partial charge in [-0.2, -0.15) is 0 Å². The second kappa shape index (κ2) is 9.44. The lowest BCUT2D eigenvalue weighted by Gasteiger charge is -2.18. The maximum atomic E-state index is 9.56. The molecule has 0 atom stereocenters. The van der Waals surface area contributed by atoms with Crippen molar-refractivity contribution in [2.24, 2.45) is 0 Å². The number of para-hydroxylation sites is 1. The third kappa shape index (κ3) is 3.72. The summed E-state index contributed by atoms with van der Waals surface area (Å²) in [5, 5.41) is -3.07. The van der Waals surface area contributed by atoms with Gasteiger partial charge in [0.25, 0.3) is 0 Å². The van der Waals surface area contributed by atoms with Crippen molar-refractivity contribution >= 4 is 54.3 Å². The van der Waals surface area contributed by atoms with Crippen LogP contribution in [0.15, 0.2) is 162 Å². The quantitative estimate of drug-likeness (QED) is 0.193. The molecule has 9 aromatic rings. The van der Waals surface area contributed by atoms with E-state index in [0.29, 0.717) is 5.39 Å². The van der Waals surface area contributed by atoms with Crippen LogP contribution in [0.1, 0.15) is 30.2 Å². The smallest absolute Gasteiger partial charge is 0.135 e. The Bertz CT molecular complexity index is 3620. The van der Waals surface area contributed by atoms with Crippen LogP contribution >= 0.6 is 0 Å². The second-order valence-corrected chi connectivity index (χ2v) is 9.55. The largest absolute Gasteiger partial charge is 0.456 e. The van der Waals surface area contributed by atoms with Gasteiger partial charge >= 0.3 is 0 Å². The maximum absolute atomic E-state index is 9.56. The molecule has 0 aliphatic rings. The predicted octanol–water partition coefficient (Wildman–Crippen LogP) is 12.0. The van der Waals surface area contributed by atoms with Crippen molar-refractivity contribution in [2.75, 3.05) is 0 Å². The molecule has 0 aliphatic carbocycles. The number of benzene rings is 8. The van der Waals surface area contributed by atoms with Crippen LogP contribution in [0.2, 0.25) is 0 Å². The highest BCUT2D eigenvalue weighted by molar-refractivity contribution is 6.22. The predicted molar refractivity (Wildman–Crippen MR) is 183 cm³/mol. The van der Waals surface area contributed by atoms with Crippen LogP contribution < -0.4 is 0 Å². The van der Waals surface area contributed by atoms with E-state index in [1.807, 2.05) is 0 Å². The Balaban J connectivity index is 1.55. The summed E-state index contributed by atoms with van der Waals surface area (Å²) in [6.07, 6.45) is 0. The topological polar surface area (TPSA) is 13.1 Å². The molecule has 200 valence electrons. The SMILES string of the molecule is [2H]c1c([2H])c(-c2c3c([2H])c([2H])c([2H])c([2H])c3c(-c3c([2H])c([2H])c4oc5ccccc5c4c3[2H])c3c([2H])c([2H])c([2H])c([2H])c23)c([2H])c([2H])c1-c1c([2H])c([2H])c([2H])c2c([2H])c([2H])c([2H])c([2H])c12. The zero-order valence-corrected chi connectivity index (χ0v) is 21.7. The summed E-state index contributed by atoms with van der Waals surface area (Å²) >= 11 is 0. The van der Waals surface area contributed by atoms with Gasteiger partial charge in [-0.05, 0) is 83.8 Å². The fourth-order valence-corrected chi connectivity index (χ4v) is 5.35. The number of rotatable bonds is 3. The lowest BCUT2D eigenvalue weighted by molar-refractivity contribution is 0.669. The molecule has 0 spiro atoms.